The van der Waals surface area contributed by atoms with Crippen LogP contribution in [0.3, 0.4) is 0 Å². The SMILES string of the molecule is OC1CC2OC(CS2)C1O. The Labute approximate surface area is 63.4 Å². The van der Waals surface area contributed by atoms with Gasteiger partial charge in [0.25, 0.3) is 0 Å². The van der Waals surface area contributed by atoms with Gasteiger partial charge in [-0.1, -0.05) is 0 Å². The van der Waals surface area contributed by atoms with Gasteiger partial charge in [-0.05, 0) is 0 Å². The van der Waals surface area contributed by atoms with Crippen molar-refractivity contribution in [2.24, 2.45) is 0 Å². The third-order valence-electron chi connectivity index (χ3n) is 1.98. The smallest absolute Gasteiger partial charge is 0.107 e. The molecule has 0 aliphatic carbocycles. The minimum Gasteiger partial charge on any atom is -0.390 e. The summed E-state index contributed by atoms with van der Waals surface area (Å²) in [5, 5.41) is 18.5. The Balaban J connectivity index is 2.09. The molecule has 4 unspecified atom stereocenters. The molecule has 2 heterocycles. The summed E-state index contributed by atoms with van der Waals surface area (Å²) in [5.41, 5.74) is 0.128. The summed E-state index contributed by atoms with van der Waals surface area (Å²) in [4.78, 5) is 0. The fourth-order valence-electron chi connectivity index (χ4n) is 1.36. The quantitative estimate of drug-likeness (QED) is 0.507. The molecule has 3 nitrogen and oxygen atoms in total. The molecule has 2 aliphatic heterocycles. The molecule has 0 radical (unpaired) electrons. The van der Waals surface area contributed by atoms with E-state index in [9.17, 15) is 10.2 Å². The van der Waals surface area contributed by atoms with Crippen molar-refractivity contribution in [2.45, 2.75) is 30.2 Å². The third-order valence-corrected chi connectivity index (χ3v) is 3.18. The maximum atomic E-state index is 9.28. The lowest BCUT2D eigenvalue weighted by Gasteiger charge is -2.28. The van der Waals surface area contributed by atoms with Crippen LogP contribution in [0.4, 0.5) is 0 Å². The van der Waals surface area contributed by atoms with Crippen LogP contribution in [0.25, 0.3) is 0 Å². The molecule has 4 atom stereocenters. The van der Waals surface area contributed by atoms with Gasteiger partial charge < -0.3 is 14.9 Å². The lowest BCUT2D eigenvalue weighted by molar-refractivity contribution is -0.127. The number of aliphatic hydroxyl groups is 2. The summed E-state index contributed by atoms with van der Waals surface area (Å²) in [6, 6.07) is 0. The van der Waals surface area contributed by atoms with Crippen molar-refractivity contribution in [1.82, 2.24) is 0 Å². The van der Waals surface area contributed by atoms with Crippen molar-refractivity contribution in [3.63, 3.8) is 0 Å². The lowest BCUT2D eigenvalue weighted by atomic mass is 10.0. The standard InChI is InChI=1S/C6H10O3S/c7-3-1-5-9-4(2-10-5)6(3)8/h3-8H,1-2H2. The Kier molecular flexibility index (Phi) is 1.64. The fourth-order valence-corrected chi connectivity index (χ4v) is 2.60. The van der Waals surface area contributed by atoms with Gasteiger partial charge in [-0.2, -0.15) is 0 Å². The second-order valence-corrected chi connectivity index (χ2v) is 3.92. The topological polar surface area (TPSA) is 49.7 Å². The van der Waals surface area contributed by atoms with Crippen molar-refractivity contribution in [2.75, 3.05) is 5.75 Å². The second kappa shape index (κ2) is 2.37. The molecular formula is C6H10O3S. The fraction of sp³-hybridized carbons (Fsp3) is 1.00. The van der Waals surface area contributed by atoms with Crippen LogP contribution in [-0.2, 0) is 4.74 Å². The monoisotopic (exact) mass is 162 g/mol. The van der Waals surface area contributed by atoms with Crippen molar-refractivity contribution < 1.29 is 14.9 Å². The Bertz CT molecular complexity index is 141. The number of aliphatic hydroxyl groups excluding tert-OH is 2. The van der Waals surface area contributed by atoms with Gasteiger partial charge in [-0.3, -0.25) is 0 Å². The van der Waals surface area contributed by atoms with Crippen LogP contribution in [0, 0.1) is 0 Å². The van der Waals surface area contributed by atoms with E-state index in [4.69, 9.17) is 4.74 Å². The summed E-state index contributed by atoms with van der Waals surface area (Å²) < 4.78 is 5.33. The molecule has 0 saturated carbocycles. The zero-order chi connectivity index (χ0) is 7.14. The number of thioether (sulfide) groups is 1. The maximum absolute atomic E-state index is 9.28. The molecule has 2 aliphatic rings. The first-order valence-electron chi connectivity index (χ1n) is 3.40. The van der Waals surface area contributed by atoms with Gasteiger partial charge in [-0.15, -0.1) is 11.8 Å². The van der Waals surface area contributed by atoms with Gasteiger partial charge in [0.05, 0.1) is 12.2 Å². The van der Waals surface area contributed by atoms with Gasteiger partial charge in [0.1, 0.15) is 11.5 Å². The van der Waals surface area contributed by atoms with E-state index in [0.29, 0.717) is 6.42 Å². The molecule has 58 valence electrons. The summed E-state index contributed by atoms with van der Waals surface area (Å²) in [5.74, 6) is 0.822. The predicted octanol–water partition coefficient (Wildman–Crippen LogP) is -0.430. The first kappa shape index (κ1) is 6.91. The highest BCUT2D eigenvalue weighted by molar-refractivity contribution is 8.00. The van der Waals surface area contributed by atoms with Crippen LogP contribution in [0.15, 0.2) is 0 Å². The number of ether oxygens (including phenoxy) is 1. The first-order valence-corrected chi connectivity index (χ1v) is 4.45. The van der Waals surface area contributed by atoms with E-state index in [1.54, 1.807) is 11.8 Å². The average molecular weight is 162 g/mol. The molecular weight excluding hydrogens is 152 g/mol. The normalized spacial score (nSPS) is 53.4. The van der Waals surface area contributed by atoms with Crippen LogP contribution in [0.1, 0.15) is 6.42 Å². The molecule has 2 fully saturated rings. The summed E-state index contributed by atoms with van der Waals surface area (Å²) in [6.45, 7) is 0. The van der Waals surface area contributed by atoms with E-state index in [-0.39, 0.29) is 11.5 Å². The highest BCUT2D eigenvalue weighted by atomic mass is 32.2. The number of hydrogen-bond acceptors (Lipinski definition) is 4. The zero-order valence-corrected chi connectivity index (χ0v) is 6.25. The summed E-state index contributed by atoms with van der Waals surface area (Å²) in [6.07, 6.45) is -0.786. The number of fused-ring (bicyclic) bond motifs is 2. The van der Waals surface area contributed by atoms with Crippen molar-refractivity contribution in [3.05, 3.63) is 0 Å². The highest BCUT2D eigenvalue weighted by Crippen LogP contribution is 2.36. The van der Waals surface area contributed by atoms with Gasteiger partial charge in [0.2, 0.25) is 0 Å². The molecule has 0 aromatic carbocycles. The molecule has 2 saturated heterocycles. The average Bonchev–Trinajstić information content (AvgIpc) is 2.29. The summed E-state index contributed by atoms with van der Waals surface area (Å²) >= 11 is 1.68. The molecule has 4 heteroatoms. The molecule has 10 heavy (non-hydrogen) atoms. The molecule has 0 spiro atoms. The molecule has 0 amide bonds. The van der Waals surface area contributed by atoms with Crippen LogP contribution in [-0.4, -0.2) is 39.7 Å². The van der Waals surface area contributed by atoms with E-state index < -0.39 is 12.2 Å². The molecule has 0 aromatic heterocycles. The molecule has 2 rings (SSSR count). The Morgan fingerprint density at radius 1 is 1.40 bits per heavy atom. The molecule has 2 bridgehead atoms. The maximum Gasteiger partial charge on any atom is 0.107 e. The van der Waals surface area contributed by atoms with Crippen molar-refractivity contribution in [1.29, 1.82) is 0 Å². The van der Waals surface area contributed by atoms with Crippen LogP contribution >= 0.6 is 11.8 Å². The van der Waals surface area contributed by atoms with Gasteiger partial charge in [-0.25, -0.2) is 0 Å². The largest absolute Gasteiger partial charge is 0.390 e. The predicted molar refractivity (Wildman–Crippen MR) is 37.7 cm³/mol. The zero-order valence-electron chi connectivity index (χ0n) is 5.43. The number of rotatable bonds is 0. The van der Waals surface area contributed by atoms with Crippen LogP contribution in [0.5, 0.6) is 0 Å². The Morgan fingerprint density at radius 2 is 2.20 bits per heavy atom. The second-order valence-electron chi connectivity index (χ2n) is 2.73. The van der Waals surface area contributed by atoms with Gasteiger partial charge in [0, 0.05) is 12.2 Å². The lowest BCUT2D eigenvalue weighted by Crippen LogP contribution is -2.43. The van der Waals surface area contributed by atoms with E-state index in [1.165, 1.54) is 0 Å². The minimum absolute atomic E-state index is 0.126. The van der Waals surface area contributed by atoms with Crippen molar-refractivity contribution >= 4 is 11.8 Å². The van der Waals surface area contributed by atoms with E-state index >= 15 is 0 Å². The molecule has 0 aromatic rings. The Morgan fingerprint density at radius 3 is 3.00 bits per heavy atom. The first-order chi connectivity index (χ1) is 4.77. The number of hydrogen-bond donors (Lipinski definition) is 2. The van der Waals surface area contributed by atoms with Crippen LogP contribution < -0.4 is 0 Å². The van der Waals surface area contributed by atoms with Gasteiger partial charge in [0.15, 0.2) is 0 Å². The summed E-state index contributed by atoms with van der Waals surface area (Å²) in [7, 11) is 0. The van der Waals surface area contributed by atoms with E-state index in [1.807, 2.05) is 0 Å². The van der Waals surface area contributed by atoms with Crippen LogP contribution in [0.2, 0.25) is 0 Å². The Hall–Kier alpha value is 0.230. The minimum atomic E-state index is -0.661. The third kappa shape index (κ3) is 0.955. The molecule has 2 N–H and O–H groups in total. The highest BCUT2D eigenvalue weighted by Gasteiger charge is 2.41. The van der Waals surface area contributed by atoms with E-state index in [2.05, 4.69) is 0 Å². The van der Waals surface area contributed by atoms with Gasteiger partial charge >= 0.3 is 0 Å². The van der Waals surface area contributed by atoms with E-state index in [0.717, 1.165) is 5.75 Å². The van der Waals surface area contributed by atoms with Crippen molar-refractivity contribution in [3.8, 4) is 0 Å².